The van der Waals surface area contributed by atoms with Crippen molar-refractivity contribution in [2.75, 3.05) is 18.5 Å². The third-order valence-corrected chi connectivity index (χ3v) is 5.65. The molecule has 0 bridgehead atoms. The maximum atomic E-state index is 9.49. The lowest BCUT2D eigenvalue weighted by Gasteiger charge is -2.15. The van der Waals surface area contributed by atoms with Crippen molar-refractivity contribution in [1.82, 2.24) is 4.98 Å². The second-order valence-corrected chi connectivity index (χ2v) is 7.12. The highest BCUT2D eigenvalue weighted by Gasteiger charge is 2.17. The van der Waals surface area contributed by atoms with Crippen molar-refractivity contribution in [3.05, 3.63) is 33.0 Å². The molecule has 2 rings (SSSR count). The number of thiophene rings is 1. The number of nitrogens with zero attached hydrogens (tertiary/aromatic N) is 2. The van der Waals surface area contributed by atoms with Gasteiger partial charge in [-0.25, -0.2) is 4.98 Å². The molecule has 3 nitrogen and oxygen atoms in total. The Morgan fingerprint density at radius 2 is 2.25 bits per heavy atom. The summed E-state index contributed by atoms with van der Waals surface area (Å²) in [4.78, 5) is 9.34. The average Bonchev–Trinajstić information content (AvgIpc) is 3.12. The number of likely N-dealkylation sites (N-methyl/N-ethyl adjacent to an activating group) is 1. The molecular weight excluding hydrogens is 288 g/mol. The summed E-state index contributed by atoms with van der Waals surface area (Å²) in [5.74, 6) is 0.410. The Bertz CT molecular complexity index is 522. The predicted molar refractivity (Wildman–Crippen MR) is 88.0 cm³/mol. The van der Waals surface area contributed by atoms with E-state index in [1.54, 1.807) is 22.7 Å². The molecular formula is C15H22N2OS2. The van der Waals surface area contributed by atoms with Gasteiger partial charge in [-0.05, 0) is 30.2 Å². The zero-order valence-corrected chi connectivity index (χ0v) is 13.9. The molecule has 20 heavy (non-hydrogen) atoms. The quantitative estimate of drug-likeness (QED) is 0.843. The summed E-state index contributed by atoms with van der Waals surface area (Å²) in [7, 11) is 2.08. The molecule has 2 aromatic rings. The molecule has 2 aromatic heterocycles. The standard InChI is InChI=1S/C15H22N2OS2/c1-4-11(2)14-13(10-18)20-15(16-14)17(3)8-7-12-6-5-9-19-12/h5-6,9,11,18H,4,7-8,10H2,1-3H3. The number of hydrogen-bond acceptors (Lipinski definition) is 5. The first-order chi connectivity index (χ1) is 9.65. The second kappa shape index (κ2) is 7.20. The van der Waals surface area contributed by atoms with Crippen LogP contribution < -0.4 is 4.90 Å². The number of hydrogen-bond donors (Lipinski definition) is 1. The smallest absolute Gasteiger partial charge is 0.185 e. The Morgan fingerprint density at radius 3 is 2.85 bits per heavy atom. The van der Waals surface area contributed by atoms with Gasteiger partial charge < -0.3 is 10.0 Å². The molecule has 0 aliphatic heterocycles. The largest absolute Gasteiger partial charge is 0.391 e. The van der Waals surface area contributed by atoms with Gasteiger partial charge in [-0.15, -0.1) is 11.3 Å². The van der Waals surface area contributed by atoms with Crippen LogP contribution in [0.15, 0.2) is 17.5 Å². The Kier molecular flexibility index (Phi) is 5.57. The van der Waals surface area contributed by atoms with Crippen LogP contribution in [0, 0.1) is 0 Å². The van der Waals surface area contributed by atoms with Crippen molar-refractivity contribution in [1.29, 1.82) is 0 Å². The summed E-state index contributed by atoms with van der Waals surface area (Å²) in [6.45, 7) is 5.38. The van der Waals surface area contributed by atoms with Gasteiger partial charge in [-0.3, -0.25) is 0 Å². The molecule has 0 saturated heterocycles. The number of aliphatic hydroxyl groups excluding tert-OH is 1. The van der Waals surface area contributed by atoms with Gasteiger partial charge >= 0.3 is 0 Å². The van der Waals surface area contributed by atoms with E-state index in [2.05, 4.69) is 43.3 Å². The van der Waals surface area contributed by atoms with E-state index in [1.807, 2.05) is 0 Å². The average molecular weight is 310 g/mol. The Labute approximate surface area is 128 Å². The summed E-state index contributed by atoms with van der Waals surface area (Å²) in [5, 5.41) is 12.6. The molecule has 0 fully saturated rings. The third-order valence-electron chi connectivity index (χ3n) is 3.54. The predicted octanol–water partition coefficient (Wildman–Crippen LogP) is 3.89. The van der Waals surface area contributed by atoms with Crippen molar-refractivity contribution in [2.24, 2.45) is 0 Å². The highest BCUT2D eigenvalue weighted by atomic mass is 32.1. The molecule has 110 valence electrons. The van der Waals surface area contributed by atoms with Gasteiger partial charge in [0.25, 0.3) is 0 Å². The highest BCUT2D eigenvalue weighted by Crippen LogP contribution is 2.31. The number of rotatable bonds is 7. The first-order valence-electron chi connectivity index (χ1n) is 6.99. The van der Waals surface area contributed by atoms with Crippen LogP contribution in [-0.2, 0) is 13.0 Å². The van der Waals surface area contributed by atoms with E-state index in [9.17, 15) is 5.11 Å². The molecule has 0 aliphatic carbocycles. The van der Waals surface area contributed by atoms with E-state index in [0.717, 1.165) is 35.1 Å². The van der Waals surface area contributed by atoms with Gasteiger partial charge in [0.2, 0.25) is 0 Å². The Hall–Kier alpha value is -0.910. The molecule has 0 amide bonds. The molecule has 0 radical (unpaired) electrons. The van der Waals surface area contributed by atoms with E-state index in [4.69, 9.17) is 4.98 Å². The van der Waals surface area contributed by atoms with Gasteiger partial charge in [0.05, 0.1) is 17.2 Å². The van der Waals surface area contributed by atoms with Crippen molar-refractivity contribution < 1.29 is 5.11 Å². The molecule has 0 aromatic carbocycles. The van der Waals surface area contributed by atoms with Crippen LogP contribution in [0.2, 0.25) is 0 Å². The number of aliphatic hydroxyl groups is 1. The van der Waals surface area contributed by atoms with Gasteiger partial charge in [-0.1, -0.05) is 31.3 Å². The summed E-state index contributed by atoms with van der Waals surface area (Å²) >= 11 is 3.41. The van der Waals surface area contributed by atoms with Crippen molar-refractivity contribution >= 4 is 27.8 Å². The molecule has 1 unspecified atom stereocenters. The number of anilines is 1. The lowest BCUT2D eigenvalue weighted by atomic mass is 10.0. The van der Waals surface area contributed by atoms with Crippen LogP contribution in [0.4, 0.5) is 5.13 Å². The minimum atomic E-state index is 0.0934. The van der Waals surface area contributed by atoms with Crippen molar-refractivity contribution in [3.8, 4) is 0 Å². The first-order valence-corrected chi connectivity index (χ1v) is 8.69. The second-order valence-electron chi connectivity index (χ2n) is 5.02. The Morgan fingerprint density at radius 1 is 1.45 bits per heavy atom. The maximum absolute atomic E-state index is 9.49. The van der Waals surface area contributed by atoms with Crippen LogP contribution >= 0.6 is 22.7 Å². The SMILES string of the molecule is CCC(C)c1nc(N(C)CCc2cccs2)sc1CO. The van der Waals surface area contributed by atoms with Crippen LogP contribution in [0.5, 0.6) is 0 Å². The first kappa shape index (κ1) is 15.5. The zero-order chi connectivity index (χ0) is 14.5. The van der Waals surface area contributed by atoms with Crippen LogP contribution in [0.1, 0.15) is 41.6 Å². The van der Waals surface area contributed by atoms with Crippen LogP contribution in [0.3, 0.4) is 0 Å². The van der Waals surface area contributed by atoms with Gasteiger partial charge in [0, 0.05) is 18.5 Å². The van der Waals surface area contributed by atoms with Crippen molar-refractivity contribution in [2.45, 2.75) is 39.2 Å². The molecule has 0 spiro atoms. The maximum Gasteiger partial charge on any atom is 0.185 e. The molecule has 0 aliphatic rings. The van der Waals surface area contributed by atoms with Gasteiger partial charge in [-0.2, -0.15) is 0 Å². The highest BCUT2D eigenvalue weighted by molar-refractivity contribution is 7.15. The fraction of sp³-hybridized carbons (Fsp3) is 0.533. The lowest BCUT2D eigenvalue weighted by molar-refractivity contribution is 0.283. The number of thiazole rings is 1. The number of aromatic nitrogens is 1. The normalized spacial score (nSPS) is 12.6. The van der Waals surface area contributed by atoms with Gasteiger partial charge in [0.1, 0.15) is 0 Å². The molecule has 5 heteroatoms. The molecule has 1 atom stereocenters. The monoisotopic (exact) mass is 310 g/mol. The summed E-state index contributed by atoms with van der Waals surface area (Å²) < 4.78 is 0. The van der Waals surface area contributed by atoms with E-state index < -0.39 is 0 Å². The topological polar surface area (TPSA) is 36.4 Å². The zero-order valence-electron chi connectivity index (χ0n) is 12.3. The van der Waals surface area contributed by atoms with E-state index in [1.165, 1.54) is 4.88 Å². The van der Waals surface area contributed by atoms with E-state index >= 15 is 0 Å². The van der Waals surface area contributed by atoms with Gasteiger partial charge in [0.15, 0.2) is 5.13 Å². The lowest BCUT2D eigenvalue weighted by Crippen LogP contribution is -2.19. The summed E-state index contributed by atoms with van der Waals surface area (Å²) in [6, 6.07) is 4.26. The minimum absolute atomic E-state index is 0.0934. The van der Waals surface area contributed by atoms with E-state index in [0.29, 0.717) is 5.92 Å². The fourth-order valence-corrected chi connectivity index (χ4v) is 3.76. The summed E-state index contributed by atoms with van der Waals surface area (Å²) in [5.41, 5.74) is 1.07. The third kappa shape index (κ3) is 3.59. The molecule has 0 saturated carbocycles. The molecule has 1 N–H and O–H groups in total. The van der Waals surface area contributed by atoms with Crippen LogP contribution in [-0.4, -0.2) is 23.7 Å². The fourth-order valence-electron chi connectivity index (χ4n) is 2.03. The van der Waals surface area contributed by atoms with Crippen LogP contribution in [0.25, 0.3) is 0 Å². The minimum Gasteiger partial charge on any atom is -0.391 e. The van der Waals surface area contributed by atoms with Crippen molar-refractivity contribution in [3.63, 3.8) is 0 Å². The summed E-state index contributed by atoms with van der Waals surface area (Å²) in [6.07, 6.45) is 2.09. The molecule has 2 heterocycles. The van der Waals surface area contributed by atoms with E-state index in [-0.39, 0.29) is 6.61 Å². The Balaban J connectivity index is 2.05.